The predicted octanol–water partition coefficient (Wildman–Crippen LogP) is 3.47. The lowest BCUT2D eigenvalue weighted by Gasteiger charge is -2.24. The topological polar surface area (TPSA) is 51.0 Å². The van der Waals surface area contributed by atoms with Gasteiger partial charge in [0.1, 0.15) is 5.82 Å². The molecule has 1 N–H and O–H groups in total. The van der Waals surface area contributed by atoms with Crippen LogP contribution >= 0.6 is 0 Å². The summed E-state index contributed by atoms with van der Waals surface area (Å²) >= 11 is 0. The second-order valence-corrected chi connectivity index (χ2v) is 6.04. The zero-order valence-corrected chi connectivity index (χ0v) is 11.8. The standard InChI is InChI=1S/C16H18FN3O/c17-12-7-3-2-6-11(12)15-19-16(21-20-15)14-9-10-5-1-4-8-13(10)18-14/h2-3,6-7,10,13-14,18H,1,4-5,8-9H2. The molecule has 3 atom stereocenters. The Bertz CT molecular complexity index is 628. The molecule has 0 bridgehead atoms. The van der Waals surface area contributed by atoms with E-state index in [4.69, 9.17) is 4.52 Å². The third kappa shape index (κ3) is 2.35. The van der Waals surface area contributed by atoms with Gasteiger partial charge in [0.2, 0.25) is 11.7 Å². The first-order chi connectivity index (χ1) is 10.3. The maximum Gasteiger partial charge on any atom is 0.244 e. The molecule has 1 aliphatic carbocycles. The van der Waals surface area contributed by atoms with Crippen LogP contribution in [0.4, 0.5) is 4.39 Å². The first kappa shape index (κ1) is 13.0. The van der Waals surface area contributed by atoms with Gasteiger partial charge in [-0.15, -0.1) is 0 Å². The summed E-state index contributed by atoms with van der Waals surface area (Å²) < 4.78 is 19.1. The van der Waals surface area contributed by atoms with Gasteiger partial charge in [-0.3, -0.25) is 0 Å². The van der Waals surface area contributed by atoms with E-state index in [0.29, 0.717) is 29.2 Å². The Labute approximate surface area is 122 Å². The van der Waals surface area contributed by atoms with Gasteiger partial charge in [-0.25, -0.2) is 4.39 Å². The molecule has 0 amide bonds. The normalized spacial score (nSPS) is 28.5. The number of rotatable bonds is 2. The van der Waals surface area contributed by atoms with Gasteiger partial charge < -0.3 is 9.84 Å². The molecular weight excluding hydrogens is 269 g/mol. The summed E-state index contributed by atoms with van der Waals surface area (Å²) in [4.78, 5) is 4.40. The zero-order chi connectivity index (χ0) is 14.2. The van der Waals surface area contributed by atoms with Gasteiger partial charge in [0.05, 0.1) is 11.6 Å². The SMILES string of the molecule is Fc1ccccc1-c1noc(C2CC3CCCCC3N2)n1. The zero-order valence-electron chi connectivity index (χ0n) is 11.8. The highest BCUT2D eigenvalue weighted by Gasteiger charge is 2.38. The maximum absolute atomic E-state index is 13.8. The molecule has 0 spiro atoms. The third-order valence-corrected chi connectivity index (χ3v) is 4.72. The summed E-state index contributed by atoms with van der Waals surface area (Å²) in [6.45, 7) is 0. The molecule has 1 aromatic carbocycles. The Morgan fingerprint density at radius 3 is 2.90 bits per heavy atom. The average molecular weight is 287 g/mol. The summed E-state index contributed by atoms with van der Waals surface area (Å²) in [7, 11) is 0. The molecule has 4 rings (SSSR count). The number of fused-ring (bicyclic) bond motifs is 1. The van der Waals surface area contributed by atoms with Crippen LogP contribution in [0, 0.1) is 11.7 Å². The Morgan fingerprint density at radius 1 is 1.19 bits per heavy atom. The highest BCUT2D eigenvalue weighted by atomic mass is 19.1. The minimum atomic E-state index is -0.321. The van der Waals surface area contributed by atoms with Crippen LogP contribution in [0.15, 0.2) is 28.8 Å². The lowest BCUT2D eigenvalue weighted by molar-refractivity contribution is 0.324. The van der Waals surface area contributed by atoms with Crippen LogP contribution in [0.1, 0.15) is 44.0 Å². The summed E-state index contributed by atoms with van der Waals surface area (Å²) in [6.07, 6.45) is 6.17. The first-order valence-corrected chi connectivity index (χ1v) is 7.66. The predicted molar refractivity (Wildman–Crippen MR) is 75.9 cm³/mol. The van der Waals surface area contributed by atoms with Crippen molar-refractivity contribution in [1.29, 1.82) is 0 Å². The van der Waals surface area contributed by atoms with Crippen molar-refractivity contribution in [1.82, 2.24) is 15.5 Å². The fraction of sp³-hybridized carbons (Fsp3) is 0.500. The summed E-state index contributed by atoms with van der Waals surface area (Å²) in [5, 5.41) is 7.54. The molecule has 1 saturated carbocycles. The van der Waals surface area contributed by atoms with E-state index in [1.54, 1.807) is 18.2 Å². The van der Waals surface area contributed by atoms with Gasteiger partial charge in [-0.05, 0) is 37.3 Å². The Balaban J connectivity index is 1.56. The number of halogens is 1. The monoisotopic (exact) mass is 287 g/mol. The second-order valence-electron chi connectivity index (χ2n) is 6.04. The van der Waals surface area contributed by atoms with Crippen LogP contribution < -0.4 is 5.32 Å². The summed E-state index contributed by atoms with van der Waals surface area (Å²) in [5.74, 6) is 1.31. The minimum absolute atomic E-state index is 0.117. The largest absolute Gasteiger partial charge is 0.337 e. The number of hydrogen-bond donors (Lipinski definition) is 1. The average Bonchev–Trinajstić information content (AvgIpc) is 3.14. The molecule has 5 heteroatoms. The van der Waals surface area contributed by atoms with Crippen molar-refractivity contribution in [3.05, 3.63) is 36.0 Å². The number of benzene rings is 1. The number of nitrogens with one attached hydrogen (secondary N) is 1. The van der Waals surface area contributed by atoms with Gasteiger partial charge in [-0.2, -0.15) is 4.98 Å². The molecule has 4 nitrogen and oxygen atoms in total. The molecule has 3 unspecified atom stereocenters. The number of nitrogens with zero attached hydrogens (tertiary/aromatic N) is 2. The third-order valence-electron chi connectivity index (χ3n) is 4.72. The van der Waals surface area contributed by atoms with Crippen molar-refractivity contribution < 1.29 is 8.91 Å². The first-order valence-electron chi connectivity index (χ1n) is 7.66. The highest BCUT2D eigenvalue weighted by Crippen LogP contribution is 2.38. The Morgan fingerprint density at radius 2 is 2.05 bits per heavy atom. The fourth-order valence-electron chi connectivity index (χ4n) is 3.64. The van der Waals surface area contributed by atoms with Crippen molar-refractivity contribution in [2.45, 2.75) is 44.2 Å². The van der Waals surface area contributed by atoms with Gasteiger partial charge in [-0.1, -0.05) is 30.1 Å². The van der Waals surface area contributed by atoms with E-state index in [0.717, 1.165) is 6.42 Å². The summed E-state index contributed by atoms with van der Waals surface area (Å²) in [6, 6.07) is 7.21. The number of aromatic nitrogens is 2. The second kappa shape index (κ2) is 5.22. The van der Waals surface area contributed by atoms with Crippen molar-refractivity contribution in [3.8, 4) is 11.4 Å². The van der Waals surface area contributed by atoms with Gasteiger partial charge >= 0.3 is 0 Å². The van der Waals surface area contributed by atoms with Crippen LogP contribution in [0.3, 0.4) is 0 Å². The fourth-order valence-corrected chi connectivity index (χ4v) is 3.64. The van der Waals surface area contributed by atoms with E-state index in [9.17, 15) is 4.39 Å². The maximum atomic E-state index is 13.8. The van der Waals surface area contributed by atoms with Crippen molar-refractivity contribution in [2.24, 2.45) is 5.92 Å². The molecule has 2 heterocycles. The van der Waals surface area contributed by atoms with E-state index < -0.39 is 0 Å². The lowest BCUT2D eigenvalue weighted by atomic mass is 9.85. The molecule has 2 fully saturated rings. The van der Waals surface area contributed by atoms with Gasteiger partial charge in [0, 0.05) is 6.04 Å². The van der Waals surface area contributed by atoms with Crippen LogP contribution in [-0.2, 0) is 0 Å². The molecular formula is C16H18FN3O. The molecule has 1 saturated heterocycles. The van der Waals surface area contributed by atoms with E-state index in [1.807, 2.05) is 0 Å². The lowest BCUT2D eigenvalue weighted by Crippen LogP contribution is -2.30. The molecule has 110 valence electrons. The van der Waals surface area contributed by atoms with Crippen molar-refractivity contribution in [2.75, 3.05) is 0 Å². The molecule has 21 heavy (non-hydrogen) atoms. The van der Waals surface area contributed by atoms with Crippen LogP contribution in [0.25, 0.3) is 11.4 Å². The Hall–Kier alpha value is -1.75. The van der Waals surface area contributed by atoms with Crippen LogP contribution in [-0.4, -0.2) is 16.2 Å². The van der Waals surface area contributed by atoms with Crippen LogP contribution in [0.5, 0.6) is 0 Å². The van der Waals surface area contributed by atoms with Crippen molar-refractivity contribution >= 4 is 0 Å². The minimum Gasteiger partial charge on any atom is -0.337 e. The smallest absolute Gasteiger partial charge is 0.244 e. The van der Waals surface area contributed by atoms with Gasteiger partial charge in [0.25, 0.3) is 0 Å². The van der Waals surface area contributed by atoms with E-state index in [-0.39, 0.29) is 11.9 Å². The van der Waals surface area contributed by atoms with E-state index >= 15 is 0 Å². The molecule has 0 radical (unpaired) electrons. The molecule has 1 aromatic heterocycles. The molecule has 2 aliphatic rings. The highest BCUT2D eigenvalue weighted by molar-refractivity contribution is 5.54. The molecule has 2 aromatic rings. The van der Waals surface area contributed by atoms with Gasteiger partial charge in [0.15, 0.2) is 0 Å². The van der Waals surface area contributed by atoms with Crippen molar-refractivity contribution in [3.63, 3.8) is 0 Å². The summed E-state index contributed by atoms with van der Waals surface area (Å²) in [5.41, 5.74) is 0.392. The quantitative estimate of drug-likeness (QED) is 0.919. The molecule has 1 aliphatic heterocycles. The Kier molecular flexibility index (Phi) is 3.22. The van der Waals surface area contributed by atoms with E-state index in [2.05, 4.69) is 15.5 Å². The van der Waals surface area contributed by atoms with Crippen LogP contribution in [0.2, 0.25) is 0 Å². The van der Waals surface area contributed by atoms with E-state index in [1.165, 1.54) is 31.7 Å². The number of hydrogen-bond acceptors (Lipinski definition) is 4.